The van der Waals surface area contributed by atoms with Crippen LogP contribution in [0, 0.1) is 10.1 Å². The number of nitrogens with zero attached hydrogens (tertiary/aromatic N) is 1. The molecule has 1 aromatic rings. The van der Waals surface area contributed by atoms with E-state index in [0.29, 0.717) is 0 Å². The van der Waals surface area contributed by atoms with Crippen LogP contribution in [0.1, 0.15) is 0 Å². The predicted octanol–water partition coefficient (Wildman–Crippen LogP) is 1.47. The molecule has 0 bridgehead atoms. The van der Waals surface area contributed by atoms with Crippen molar-refractivity contribution in [1.82, 2.24) is 0 Å². The molecular formula is C6H5MnNO3. The molecule has 0 radical (unpaired) electrons. The van der Waals surface area contributed by atoms with Crippen molar-refractivity contribution < 1.29 is 24.7 Å². The zero-order chi connectivity index (χ0) is 8.69. The molecule has 0 N–H and O–H groups in total. The molecule has 0 heterocycles. The number of nitro groups is 1. The average molecular weight is 194 g/mol. The molecule has 0 fully saturated rings. The van der Waals surface area contributed by atoms with Crippen LogP contribution in [0.5, 0.6) is 0 Å². The third-order valence-electron chi connectivity index (χ3n) is 0.967. The van der Waals surface area contributed by atoms with Gasteiger partial charge in [0.2, 0.25) is 0 Å². The fourth-order valence-corrected chi connectivity index (χ4v) is 0.550. The van der Waals surface area contributed by atoms with Gasteiger partial charge in [-0.25, -0.2) is 0 Å². The molecule has 0 aliphatic rings. The molecule has 0 saturated carbocycles. The fourth-order valence-electron chi connectivity index (χ4n) is 0.550. The second kappa shape index (κ2) is 5.70. The summed E-state index contributed by atoms with van der Waals surface area (Å²) in [4.78, 5) is 9.59. The van der Waals surface area contributed by atoms with Crippen molar-refractivity contribution in [3.05, 3.63) is 40.4 Å². The van der Waals surface area contributed by atoms with Gasteiger partial charge in [0.1, 0.15) is 0 Å². The van der Waals surface area contributed by atoms with Crippen LogP contribution in [0.4, 0.5) is 5.69 Å². The summed E-state index contributed by atoms with van der Waals surface area (Å²) >= 11 is 1.69. The van der Waals surface area contributed by atoms with Crippen molar-refractivity contribution in [2.45, 2.75) is 0 Å². The Kier molecular flexibility index (Phi) is 5.15. The van der Waals surface area contributed by atoms with Crippen LogP contribution in [-0.2, 0) is 19.8 Å². The zero-order valence-electron chi connectivity index (χ0n) is 5.44. The first-order chi connectivity index (χ1) is 5.30. The molecule has 0 aliphatic carbocycles. The second-order valence-corrected chi connectivity index (χ2v) is 1.59. The first-order valence-corrected chi connectivity index (χ1v) is 3.14. The molecule has 0 saturated heterocycles. The van der Waals surface area contributed by atoms with E-state index >= 15 is 0 Å². The Morgan fingerprint density at radius 2 is 1.64 bits per heavy atom. The molecule has 1 rings (SSSR count). The van der Waals surface area contributed by atoms with E-state index in [4.69, 9.17) is 3.83 Å². The molecule has 1 aromatic carbocycles. The Labute approximate surface area is 71.4 Å². The SMILES string of the molecule is O=[N+]([O-])c1ccccc1.[O]=[Mn]. The van der Waals surface area contributed by atoms with Gasteiger partial charge in [-0.2, -0.15) is 0 Å². The van der Waals surface area contributed by atoms with Crippen LogP contribution in [0.25, 0.3) is 0 Å². The molecule has 0 aromatic heterocycles. The van der Waals surface area contributed by atoms with E-state index in [9.17, 15) is 10.1 Å². The van der Waals surface area contributed by atoms with Gasteiger partial charge in [0, 0.05) is 12.1 Å². The van der Waals surface area contributed by atoms with E-state index in [1.807, 2.05) is 0 Å². The normalized spacial score (nSPS) is 7.64. The third-order valence-corrected chi connectivity index (χ3v) is 0.967. The summed E-state index contributed by atoms with van der Waals surface area (Å²) in [6, 6.07) is 7.93. The molecule has 59 valence electrons. The van der Waals surface area contributed by atoms with Gasteiger partial charge in [-0.05, 0) is 0 Å². The molecule has 4 nitrogen and oxygen atoms in total. The molecule has 0 spiro atoms. The van der Waals surface area contributed by atoms with Gasteiger partial charge in [-0.15, -0.1) is 0 Å². The Morgan fingerprint density at radius 3 is 1.91 bits per heavy atom. The predicted molar refractivity (Wildman–Crippen MR) is 33.8 cm³/mol. The molecular weight excluding hydrogens is 189 g/mol. The van der Waals surface area contributed by atoms with Crippen molar-refractivity contribution in [3.8, 4) is 0 Å². The first kappa shape index (κ1) is 9.94. The van der Waals surface area contributed by atoms with Crippen molar-refractivity contribution >= 4 is 5.69 Å². The standard InChI is InChI=1S/C6H5NO2.Mn.O/c8-7(9)6-4-2-1-3-5-6;;/h1-5H;;. The van der Waals surface area contributed by atoms with Crippen LogP contribution in [0.3, 0.4) is 0 Å². The van der Waals surface area contributed by atoms with E-state index in [1.54, 1.807) is 34.1 Å². The van der Waals surface area contributed by atoms with Crippen LogP contribution >= 0.6 is 0 Å². The van der Waals surface area contributed by atoms with Gasteiger partial charge in [0.15, 0.2) is 0 Å². The molecule has 0 unspecified atom stereocenters. The maximum atomic E-state index is 10.0. The molecule has 11 heavy (non-hydrogen) atoms. The third kappa shape index (κ3) is 3.60. The number of nitro benzene ring substituents is 1. The van der Waals surface area contributed by atoms with Crippen LogP contribution < -0.4 is 0 Å². The van der Waals surface area contributed by atoms with E-state index in [-0.39, 0.29) is 5.69 Å². The number of rotatable bonds is 1. The van der Waals surface area contributed by atoms with Crippen LogP contribution in [0.2, 0.25) is 0 Å². The second-order valence-electron chi connectivity index (χ2n) is 1.59. The number of hydrogen-bond donors (Lipinski definition) is 0. The molecule has 0 aliphatic heterocycles. The van der Waals surface area contributed by atoms with E-state index in [1.165, 1.54) is 12.1 Å². The van der Waals surface area contributed by atoms with Gasteiger partial charge < -0.3 is 0 Å². The fraction of sp³-hybridized carbons (Fsp3) is 0. The average Bonchev–Trinajstić information content (AvgIpc) is 2.10. The quantitative estimate of drug-likeness (QED) is 0.386. The van der Waals surface area contributed by atoms with E-state index in [2.05, 4.69) is 0 Å². The van der Waals surface area contributed by atoms with Gasteiger partial charge in [0.25, 0.3) is 5.69 Å². The summed E-state index contributed by atoms with van der Waals surface area (Å²) < 4.78 is 8.06. The van der Waals surface area contributed by atoms with E-state index < -0.39 is 4.92 Å². The van der Waals surface area contributed by atoms with Crippen molar-refractivity contribution in [1.29, 1.82) is 0 Å². The Morgan fingerprint density at radius 1 is 1.18 bits per heavy atom. The Balaban J connectivity index is 0.000000461. The Bertz CT molecular complexity index is 227. The summed E-state index contributed by atoms with van der Waals surface area (Å²) in [5.74, 6) is 0. The number of benzene rings is 1. The maximum absolute atomic E-state index is 10.0. The Hall–Kier alpha value is -1.06. The summed E-state index contributed by atoms with van der Waals surface area (Å²) in [7, 11) is 0. The summed E-state index contributed by atoms with van der Waals surface area (Å²) in [6.07, 6.45) is 0. The molecule has 5 heteroatoms. The van der Waals surface area contributed by atoms with E-state index in [0.717, 1.165) is 0 Å². The molecule has 0 amide bonds. The van der Waals surface area contributed by atoms with Crippen molar-refractivity contribution in [3.63, 3.8) is 0 Å². The number of para-hydroxylation sites is 1. The monoisotopic (exact) mass is 194 g/mol. The van der Waals surface area contributed by atoms with Crippen molar-refractivity contribution in [2.75, 3.05) is 0 Å². The number of hydrogen-bond acceptors (Lipinski definition) is 3. The first-order valence-electron chi connectivity index (χ1n) is 2.65. The van der Waals surface area contributed by atoms with Gasteiger partial charge >= 0.3 is 19.8 Å². The van der Waals surface area contributed by atoms with Gasteiger partial charge in [0.05, 0.1) is 4.92 Å². The summed E-state index contributed by atoms with van der Waals surface area (Å²) in [5, 5.41) is 10.0. The zero-order valence-corrected chi connectivity index (χ0v) is 6.62. The minimum atomic E-state index is -0.417. The summed E-state index contributed by atoms with van der Waals surface area (Å²) in [5.41, 5.74) is 0.137. The van der Waals surface area contributed by atoms with Crippen LogP contribution in [0.15, 0.2) is 30.3 Å². The van der Waals surface area contributed by atoms with Crippen LogP contribution in [-0.4, -0.2) is 4.92 Å². The topological polar surface area (TPSA) is 60.2 Å². The minimum absolute atomic E-state index is 0.137. The van der Waals surface area contributed by atoms with Crippen molar-refractivity contribution in [2.24, 2.45) is 0 Å². The van der Waals surface area contributed by atoms with Gasteiger partial charge in [-0.3, -0.25) is 10.1 Å². The number of non-ortho nitro benzene ring substituents is 1. The molecule has 0 atom stereocenters. The summed E-state index contributed by atoms with van der Waals surface area (Å²) in [6.45, 7) is 0. The van der Waals surface area contributed by atoms with Gasteiger partial charge in [-0.1, -0.05) is 18.2 Å².